The number of thiophene rings is 1. The number of aromatic nitrogens is 2. The standard InChI is InChI=1S/C25H23FN4O2S/c1-13-18-10-21(26)20(11-22(18)32-29-13)24-19(14-4-6-28-7-5-14)12-23(33-24)25(31)30-16-2-3-17(30)9-15(27)8-16/h4-7,10-12,15-17H,2-3,8-9,27H2,1H3. The van der Waals surface area contributed by atoms with Crippen molar-refractivity contribution in [3.05, 3.63) is 59.1 Å². The van der Waals surface area contributed by atoms with Gasteiger partial charge in [0.2, 0.25) is 0 Å². The molecule has 5 heterocycles. The fourth-order valence-corrected chi connectivity index (χ4v) is 6.52. The summed E-state index contributed by atoms with van der Waals surface area (Å²) in [5.74, 6) is -0.355. The molecule has 1 amide bonds. The lowest BCUT2D eigenvalue weighted by Crippen LogP contribution is -2.49. The van der Waals surface area contributed by atoms with Crippen LogP contribution in [0.25, 0.3) is 32.5 Å². The molecule has 2 unspecified atom stereocenters. The Kier molecular flexibility index (Phi) is 4.81. The maximum absolute atomic E-state index is 15.3. The lowest BCUT2D eigenvalue weighted by molar-refractivity contribution is 0.0580. The fraction of sp³-hybridized carbons (Fsp3) is 0.320. The molecule has 168 valence electrons. The van der Waals surface area contributed by atoms with Crippen LogP contribution < -0.4 is 5.73 Å². The topological polar surface area (TPSA) is 85.2 Å². The smallest absolute Gasteiger partial charge is 0.264 e. The van der Waals surface area contributed by atoms with Gasteiger partial charge in [-0.2, -0.15) is 0 Å². The Balaban J connectivity index is 1.48. The molecule has 1 aromatic carbocycles. The molecule has 0 aliphatic carbocycles. The minimum absolute atomic E-state index is 0.0120. The van der Waals surface area contributed by atoms with E-state index in [0.717, 1.165) is 36.8 Å². The predicted molar refractivity (Wildman–Crippen MR) is 125 cm³/mol. The van der Waals surface area contributed by atoms with Crippen molar-refractivity contribution in [3.63, 3.8) is 0 Å². The maximum atomic E-state index is 15.3. The van der Waals surface area contributed by atoms with Gasteiger partial charge in [0.25, 0.3) is 5.91 Å². The molecule has 2 atom stereocenters. The third-order valence-electron chi connectivity index (χ3n) is 6.92. The van der Waals surface area contributed by atoms with Crippen molar-refractivity contribution in [2.45, 2.75) is 50.7 Å². The molecule has 0 radical (unpaired) electrons. The van der Waals surface area contributed by atoms with Gasteiger partial charge in [0.05, 0.1) is 10.6 Å². The molecule has 2 aliphatic rings. The zero-order valence-corrected chi connectivity index (χ0v) is 18.9. The third-order valence-corrected chi connectivity index (χ3v) is 8.08. The van der Waals surface area contributed by atoms with Crippen LogP contribution in [0.4, 0.5) is 4.39 Å². The van der Waals surface area contributed by atoms with Crippen LogP contribution in [0.3, 0.4) is 0 Å². The number of piperidine rings is 1. The zero-order chi connectivity index (χ0) is 22.7. The Labute approximate surface area is 194 Å². The molecule has 2 saturated heterocycles. The average Bonchev–Trinajstić information content (AvgIpc) is 3.48. The van der Waals surface area contributed by atoms with E-state index in [0.29, 0.717) is 32.0 Å². The van der Waals surface area contributed by atoms with Crippen LogP contribution in [0, 0.1) is 12.7 Å². The number of amides is 1. The second-order valence-corrected chi connectivity index (χ2v) is 10.1. The summed E-state index contributed by atoms with van der Waals surface area (Å²) in [6.45, 7) is 1.79. The van der Waals surface area contributed by atoms with Crippen LogP contribution in [0.15, 0.2) is 47.2 Å². The Morgan fingerprint density at radius 1 is 1.15 bits per heavy atom. The quantitative estimate of drug-likeness (QED) is 0.455. The highest BCUT2D eigenvalue weighted by Crippen LogP contribution is 2.44. The van der Waals surface area contributed by atoms with Crippen molar-refractivity contribution in [1.29, 1.82) is 0 Å². The summed E-state index contributed by atoms with van der Waals surface area (Å²) in [6.07, 6.45) is 7.07. The Hall–Kier alpha value is -3.10. The van der Waals surface area contributed by atoms with Gasteiger partial charge in [-0.05, 0) is 68.5 Å². The Morgan fingerprint density at radius 2 is 1.88 bits per heavy atom. The van der Waals surface area contributed by atoms with E-state index < -0.39 is 0 Å². The molecule has 6 nitrogen and oxygen atoms in total. The van der Waals surface area contributed by atoms with Crippen LogP contribution >= 0.6 is 11.3 Å². The van der Waals surface area contributed by atoms with E-state index in [1.165, 1.54) is 17.4 Å². The van der Waals surface area contributed by atoms with E-state index in [4.69, 9.17) is 10.3 Å². The van der Waals surface area contributed by atoms with Gasteiger partial charge in [-0.15, -0.1) is 11.3 Å². The van der Waals surface area contributed by atoms with Crippen molar-refractivity contribution >= 4 is 28.2 Å². The van der Waals surface area contributed by atoms with Crippen LogP contribution in [0.1, 0.15) is 41.0 Å². The second kappa shape index (κ2) is 7.74. The van der Waals surface area contributed by atoms with Crippen molar-refractivity contribution < 1.29 is 13.7 Å². The summed E-state index contributed by atoms with van der Waals surface area (Å²) in [6, 6.07) is 9.30. The van der Waals surface area contributed by atoms with E-state index in [1.54, 1.807) is 25.4 Å². The first kappa shape index (κ1) is 20.5. The molecule has 2 N–H and O–H groups in total. The number of hydrogen-bond acceptors (Lipinski definition) is 6. The van der Waals surface area contributed by atoms with Crippen LogP contribution in [-0.4, -0.2) is 39.1 Å². The molecule has 3 aromatic heterocycles. The van der Waals surface area contributed by atoms with Crippen LogP contribution in [0.5, 0.6) is 0 Å². The van der Waals surface area contributed by atoms with Crippen LogP contribution in [-0.2, 0) is 0 Å². The number of carbonyl (C=O) groups excluding carboxylic acids is 1. The molecule has 33 heavy (non-hydrogen) atoms. The highest BCUT2D eigenvalue weighted by molar-refractivity contribution is 7.18. The summed E-state index contributed by atoms with van der Waals surface area (Å²) in [7, 11) is 0. The van der Waals surface area contributed by atoms with Crippen molar-refractivity contribution in [3.8, 4) is 21.6 Å². The van der Waals surface area contributed by atoms with Gasteiger partial charge in [-0.3, -0.25) is 9.78 Å². The summed E-state index contributed by atoms with van der Waals surface area (Å²) in [5.41, 5.74) is 9.46. The maximum Gasteiger partial charge on any atom is 0.264 e. The number of aryl methyl sites for hydroxylation is 1. The van der Waals surface area contributed by atoms with Crippen molar-refractivity contribution in [1.82, 2.24) is 15.0 Å². The monoisotopic (exact) mass is 462 g/mol. The largest absolute Gasteiger partial charge is 0.356 e. The molecular weight excluding hydrogens is 439 g/mol. The number of rotatable bonds is 3. The molecule has 0 spiro atoms. The average molecular weight is 463 g/mol. The van der Waals surface area contributed by atoms with Crippen LogP contribution in [0.2, 0.25) is 0 Å². The van der Waals surface area contributed by atoms with Gasteiger partial charge in [0.15, 0.2) is 5.58 Å². The molecule has 2 aliphatic heterocycles. The number of nitrogens with zero attached hydrogens (tertiary/aromatic N) is 3. The molecular formula is C25H23FN4O2S. The highest BCUT2D eigenvalue weighted by atomic mass is 32.1. The van der Waals surface area contributed by atoms with E-state index in [9.17, 15) is 4.79 Å². The summed E-state index contributed by atoms with van der Waals surface area (Å²) in [5, 5.41) is 4.61. The van der Waals surface area contributed by atoms with Gasteiger partial charge >= 0.3 is 0 Å². The molecule has 0 saturated carbocycles. The van der Waals surface area contributed by atoms with E-state index in [1.807, 2.05) is 23.1 Å². The minimum atomic E-state index is -0.367. The highest BCUT2D eigenvalue weighted by Gasteiger charge is 2.43. The number of halogens is 1. The number of fused-ring (bicyclic) bond motifs is 3. The van der Waals surface area contributed by atoms with Gasteiger partial charge in [-0.25, -0.2) is 4.39 Å². The molecule has 8 heteroatoms. The van der Waals surface area contributed by atoms with Crippen molar-refractivity contribution in [2.75, 3.05) is 0 Å². The molecule has 4 aromatic rings. The number of hydrogen-bond donors (Lipinski definition) is 1. The third kappa shape index (κ3) is 3.36. The molecule has 6 rings (SSSR count). The van der Waals surface area contributed by atoms with E-state index in [-0.39, 0.29) is 29.8 Å². The number of nitrogens with two attached hydrogens (primary N) is 1. The first-order valence-corrected chi connectivity index (χ1v) is 12.0. The first-order chi connectivity index (χ1) is 16.0. The van der Waals surface area contributed by atoms with Gasteiger partial charge in [0.1, 0.15) is 5.82 Å². The minimum Gasteiger partial charge on any atom is -0.356 e. The predicted octanol–water partition coefficient (Wildman–Crippen LogP) is 5.16. The van der Waals surface area contributed by atoms with Gasteiger partial charge < -0.3 is 15.2 Å². The molecule has 2 fully saturated rings. The van der Waals surface area contributed by atoms with E-state index in [2.05, 4.69) is 10.1 Å². The lowest BCUT2D eigenvalue weighted by atomic mass is 9.97. The lowest BCUT2D eigenvalue weighted by Gasteiger charge is -2.37. The first-order valence-electron chi connectivity index (χ1n) is 11.2. The van der Waals surface area contributed by atoms with Gasteiger partial charge in [0, 0.05) is 51.9 Å². The van der Waals surface area contributed by atoms with Gasteiger partial charge in [-0.1, -0.05) is 5.16 Å². The molecule has 2 bridgehead atoms. The SMILES string of the molecule is Cc1noc2cc(-c3sc(C(=O)N4C5CCC4CC(N)C5)cc3-c3ccncc3)c(F)cc12. The normalized spacial score (nSPS) is 22.3. The summed E-state index contributed by atoms with van der Waals surface area (Å²) < 4.78 is 20.7. The Bertz CT molecular complexity index is 1350. The number of pyridine rings is 1. The van der Waals surface area contributed by atoms with Crippen molar-refractivity contribution in [2.24, 2.45) is 5.73 Å². The second-order valence-electron chi connectivity index (χ2n) is 9.01. The summed E-state index contributed by atoms with van der Waals surface area (Å²) in [4.78, 5) is 21.1. The number of benzene rings is 1. The fourth-order valence-electron chi connectivity index (χ4n) is 5.37. The van der Waals surface area contributed by atoms with E-state index >= 15 is 4.39 Å². The number of carbonyl (C=O) groups is 1. The summed E-state index contributed by atoms with van der Waals surface area (Å²) >= 11 is 1.33. The zero-order valence-electron chi connectivity index (χ0n) is 18.1. The Morgan fingerprint density at radius 3 is 2.61 bits per heavy atom.